The van der Waals surface area contributed by atoms with Gasteiger partial charge in [-0.1, -0.05) is 0 Å². The smallest absolute Gasteiger partial charge is 2.00 e. The van der Waals surface area contributed by atoms with Crippen LogP contribution in [0.3, 0.4) is 0 Å². The Labute approximate surface area is 87.5 Å². The van der Waals surface area contributed by atoms with Gasteiger partial charge in [0, 0.05) is 0 Å². The van der Waals surface area contributed by atoms with E-state index in [9.17, 15) is 0 Å². The van der Waals surface area contributed by atoms with Gasteiger partial charge < -0.3 is 16.4 Å². The summed E-state index contributed by atoms with van der Waals surface area (Å²) in [6, 6.07) is 0. The third-order valence-corrected chi connectivity index (χ3v) is 0. The molecule has 0 aromatic rings. The van der Waals surface area contributed by atoms with Crippen LogP contribution in [0.1, 0.15) is 0 Å². The van der Waals surface area contributed by atoms with Crippen molar-refractivity contribution in [3.8, 4) is 0 Å². The van der Waals surface area contributed by atoms with E-state index in [1.54, 1.807) is 0 Å². The molecule has 0 atom stereocenters. The molecular formula is BaO3Sn. The second kappa shape index (κ2) is 34.0. The average molecular weight is 304 g/mol. The van der Waals surface area contributed by atoms with Crippen LogP contribution in [0, 0.1) is 0 Å². The van der Waals surface area contributed by atoms with Crippen LogP contribution in [0.4, 0.5) is 0 Å². The van der Waals surface area contributed by atoms with Gasteiger partial charge in [-0.3, -0.25) is 0 Å². The van der Waals surface area contributed by atoms with Crippen molar-refractivity contribution in [3.05, 3.63) is 0 Å². The summed E-state index contributed by atoms with van der Waals surface area (Å²) >= 11 is 0. The van der Waals surface area contributed by atoms with Crippen LogP contribution in [0.2, 0.25) is 0 Å². The summed E-state index contributed by atoms with van der Waals surface area (Å²) in [4.78, 5) is 0. The van der Waals surface area contributed by atoms with Crippen molar-refractivity contribution in [2.45, 2.75) is 0 Å². The maximum Gasteiger partial charge on any atom is 4.00 e. The molecular weight excluding hydrogens is 304 g/mol. The summed E-state index contributed by atoms with van der Waals surface area (Å²) in [5, 5.41) is 0. The molecule has 0 aromatic carbocycles. The molecule has 24 valence electrons. The van der Waals surface area contributed by atoms with E-state index in [1.807, 2.05) is 0 Å². The molecule has 0 unspecified atom stereocenters. The van der Waals surface area contributed by atoms with E-state index < -0.39 is 0 Å². The van der Waals surface area contributed by atoms with Gasteiger partial charge in [0.1, 0.15) is 0 Å². The maximum absolute atomic E-state index is 0. The summed E-state index contributed by atoms with van der Waals surface area (Å²) in [6.07, 6.45) is 0. The summed E-state index contributed by atoms with van der Waals surface area (Å²) in [5.41, 5.74) is 0. The molecule has 0 N–H and O–H groups in total. The predicted octanol–water partition coefficient (Wildman–Crippen LogP) is -1.12. The van der Waals surface area contributed by atoms with E-state index in [2.05, 4.69) is 0 Å². The molecule has 0 heterocycles. The molecule has 0 aliphatic carbocycles. The Kier molecular flexibility index (Phi) is 381. The first-order valence-corrected chi connectivity index (χ1v) is 0. The molecule has 5 heteroatoms. The zero-order valence-electron chi connectivity index (χ0n) is 2.43. The van der Waals surface area contributed by atoms with Gasteiger partial charge in [0.2, 0.25) is 0 Å². The Hall–Kier alpha value is 2.25. The molecule has 0 spiro atoms. The summed E-state index contributed by atoms with van der Waals surface area (Å²) in [5.74, 6) is 0. The minimum Gasteiger partial charge on any atom is -2.00 e. The predicted molar refractivity (Wildman–Crippen MR) is 13.6 cm³/mol. The van der Waals surface area contributed by atoms with E-state index in [4.69, 9.17) is 0 Å². The van der Waals surface area contributed by atoms with Crippen molar-refractivity contribution >= 4 is 72.8 Å². The minimum absolute atomic E-state index is 0. The van der Waals surface area contributed by atoms with E-state index in [0.29, 0.717) is 0 Å². The van der Waals surface area contributed by atoms with Crippen LogP contribution in [0.15, 0.2) is 0 Å². The molecule has 0 saturated heterocycles. The molecule has 5 heavy (non-hydrogen) atoms. The molecule has 0 aliphatic heterocycles. The second-order valence-electron chi connectivity index (χ2n) is 0. The SMILES string of the molecule is [Ba+2].[O-2].[O-2].[O-2].[Sn+4]. The van der Waals surface area contributed by atoms with Gasteiger partial charge in [0.15, 0.2) is 0 Å². The first-order chi connectivity index (χ1) is 0. The zero-order chi connectivity index (χ0) is 0. The van der Waals surface area contributed by atoms with Crippen LogP contribution < -0.4 is 0 Å². The Balaban J connectivity index is 0. The van der Waals surface area contributed by atoms with Crippen LogP contribution in [0.25, 0.3) is 0 Å². The minimum atomic E-state index is 0. The molecule has 0 radical (unpaired) electrons. The molecule has 0 fully saturated rings. The molecule has 0 amide bonds. The first-order valence-electron chi connectivity index (χ1n) is 0. The molecule has 0 saturated carbocycles. The Morgan fingerprint density at radius 3 is 0.600 bits per heavy atom. The topological polar surface area (TPSA) is 85.5 Å². The third-order valence-electron chi connectivity index (χ3n) is 0. The van der Waals surface area contributed by atoms with E-state index >= 15 is 0 Å². The van der Waals surface area contributed by atoms with E-state index in [-0.39, 0.29) is 89.2 Å². The van der Waals surface area contributed by atoms with Crippen molar-refractivity contribution in [1.29, 1.82) is 0 Å². The van der Waals surface area contributed by atoms with Crippen LogP contribution in [0.5, 0.6) is 0 Å². The van der Waals surface area contributed by atoms with Crippen molar-refractivity contribution in [2.75, 3.05) is 0 Å². The normalized spacial score (nSPS) is 0. The Bertz CT molecular complexity index is 6.85. The Morgan fingerprint density at radius 1 is 0.600 bits per heavy atom. The standard InChI is InChI=1S/Ba.3O.Sn/q+2;3*-2;+4. The fourth-order valence-corrected chi connectivity index (χ4v) is 0. The van der Waals surface area contributed by atoms with Gasteiger partial charge in [0.25, 0.3) is 0 Å². The fraction of sp³-hybridized carbons (Fsp3) is 0. The number of hydrogen-bond donors (Lipinski definition) is 0. The number of hydrogen-bond acceptors (Lipinski definition) is 0. The molecule has 0 aliphatic rings. The molecule has 0 bridgehead atoms. The molecule has 0 rings (SSSR count). The summed E-state index contributed by atoms with van der Waals surface area (Å²) < 4.78 is 0. The van der Waals surface area contributed by atoms with Crippen molar-refractivity contribution in [3.63, 3.8) is 0 Å². The second-order valence-corrected chi connectivity index (χ2v) is 0. The maximum atomic E-state index is 0. The summed E-state index contributed by atoms with van der Waals surface area (Å²) in [6.45, 7) is 0. The Morgan fingerprint density at radius 2 is 0.600 bits per heavy atom. The fourth-order valence-electron chi connectivity index (χ4n) is 0. The van der Waals surface area contributed by atoms with Gasteiger partial charge in [-0.05, 0) is 0 Å². The third kappa shape index (κ3) is 22.3. The monoisotopic (exact) mass is 306 g/mol. The molecule has 0 aromatic heterocycles. The van der Waals surface area contributed by atoms with Crippen LogP contribution >= 0.6 is 0 Å². The van der Waals surface area contributed by atoms with Gasteiger partial charge in [0.05, 0.1) is 0 Å². The molecule has 3 nitrogen and oxygen atoms in total. The number of rotatable bonds is 0. The average Bonchev–Trinajstić information content (AvgIpc) is 0. The zero-order valence-corrected chi connectivity index (χ0v) is 9.73. The van der Waals surface area contributed by atoms with Crippen molar-refractivity contribution < 1.29 is 16.4 Å². The first kappa shape index (κ1) is 55.9. The largest absolute Gasteiger partial charge is 4.00 e. The van der Waals surface area contributed by atoms with E-state index in [1.165, 1.54) is 0 Å². The van der Waals surface area contributed by atoms with Gasteiger partial charge in [-0.25, -0.2) is 0 Å². The van der Waals surface area contributed by atoms with Gasteiger partial charge in [-0.15, -0.1) is 0 Å². The van der Waals surface area contributed by atoms with Gasteiger partial charge in [-0.2, -0.15) is 0 Å². The summed E-state index contributed by atoms with van der Waals surface area (Å²) in [7, 11) is 0. The van der Waals surface area contributed by atoms with Crippen molar-refractivity contribution in [2.24, 2.45) is 0 Å². The van der Waals surface area contributed by atoms with E-state index in [0.717, 1.165) is 0 Å². The van der Waals surface area contributed by atoms with Crippen LogP contribution in [-0.2, 0) is 16.4 Å². The van der Waals surface area contributed by atoms with Gasteiger partial charge >= 0.3 is 72.8 Å². The van der Waals surface area contributed by atoms with Crippen molar-refractivity contribution in [1.82, 2.24) is 0 Å². The quantitative estimate of drug-likeness (QED) is 0.508. The van der Waals surface area contributed by atoms with Crippen LogP contribution in [-0.4, -0.2) is 72.8 Å².